The summed E-state index contributed by atoms with van der Waals surface area (Å²) in [7, 11) is 0. The molecule has 134 valence electrons. The van der Waals surface area contributed by atoms with Crippen molar-refractivity contribution in [3.8, 4) is 0 Å². The normalized spacial score (nSPS) is 11.2. The highest BCUT2D eigenvalue weighted by molar-refractivity contribution is 6.32. The molecule has 0 saturated carbocycles. The van der Waals surface area contributed by atoms with Crippen LogP contribution in [0.25, 0.3) is 0 Å². The number of aromatic amines is 1. The van der Waals surface area contributed by atoms with Gasteiger partial charge in [0.05, 0.1) is 17.0 Å². The molecule has 0 spiro atoms. The van der Waals surface area contributed by atoms with Crippen LogP contribution < -0.4 is 15.6 Å². The van der Waals surface area contributed by atoms with Gasteiger partial charge in [0.25, 0.3) is 11.5 Å². The summed E-state index contributed by atoms with van der Waals surface area (Å²) in [6.45, 7) is 0.509. The molecule has 2 rings (SSSR count). The number of hydrogen-bond donors (Lipinski definition) is 2. The molecule has 0 atom stereocenters. The number of aromatic nitrogens is 1. The van der Waals surface area contributed by atoms with Gasteiger partial charge in [-0.25, -0.2) is 4.98 Å². The van der Waals surface area contributed by atoms with Gasteiger partial charge in [-0.1, -0.05) is 23.2 Å². The third-order valence-corrected chi connectivity index (χ3v) is 3.65. The van der Waals surface area contributed by atoms with E-state index in [1.807, 2.05) is 0 Å². The minimum atomic E-state index is -4.49. The smallest absolute Gasteiger partial charge is 0.376 e. The Kier molecular flexibility index (Phi) is 5.91. The third-order valence-electron chi connectivity index (χ3n) is 3.12. The number of nitrogens with one attached hydrogen (secondary N) is 3. The Morgan fingerprint density at radius 1 is 1.16 bits per heavy atom. The largest absolute Gasteiger partial charge is 0.419 e. The van der Waals surface area contributed by atoms with Crippen LogP contribution >= 0.6 is 23.2 Å². The van der Waals surface area contributed by atoms with Gasteiger partial charge in [0.2, 0.25) is 0 Å². The Hall–Kier alpha value is -2.26. The highest BCUT2D eigenvalue weighted by Crippen LogP contribution is 2.31. The van der Waals surface area contributed by atoms with Gasteiger partial charge in [0, 0.05) is 11.1 Å². The van der Waals surface area contributed by atoms with E-state index in [0.717, 1.165) is 12.3 Å². The lowest BCUT2D eigenvalue weighted by Gasteiger charge is -2.08. The molecule has 0 bridgehead atoms. The predicted molar refractivity (Wildman–Crippen MR) is 88.1 cm³/mol. The van der Waals surface area contributed by atoms with Crippen LogP contribution in [0.2, 0.25) is 10.0 Å². The zero-order chi connectivity index (χ0) is 18.6. The van der Waals surface area contributed by atoms with Crippen LogP contribution in [-0.4, -0.2) is 18.0 Å². The zero-order valence-electron chi connectivity index (χ0n) is 12.5. The number of nitrogens with zero attached hydrogens (tertiary/aromatic N) is 1. The first kappa shape index (κ1) is 19.1. The van der Waals surface area contributed by atoms with Crippen LogP contribution in [0.15, 0.2) is 30.5 Å². The number of rotatable bonds is 6. The van der Waals surface area contributed by atoms with Crippen LogP contribution in [-0.2, 0) is 6.18 Å². The van der Waals surface area contributed by atoms with Gasteiger partial charge < -0.3 is 5.32 Å². The van der Waals surface area contributed by atoms with E-state index < -0.39 is 16.7 Å². The van der Waals surface area contributed by atoms with Crippen molar-refractivity contribution in [2.24, 2.45) is 0 Å². The summed E-state index contributed by atoms with van der Waals surface area (Å²) >= 11 is 11.5. The van der Waals surface area contributed by atoms with E-state index in [2.05, 4.69) is 15.6 Å². The average molecular weight is 396 g/mol. The van der Waals surface area contributed by atoms with Crippen LogP contribution in [0.3, 0.4) is 0 Å². The number of benzene rings is 1. The predicted octanol–water partition coefficient (Wildman–Crippen LogP) is 4.26. The maximum atomic E-state index is 12.6. The van der Waals surface area contributed by atoms with Crippen molar-refractivity contribution in [2.45, 2.75) is 6.18 Å². The minimum absolute atomic E-state index is 0.118. The average Bonchev–Trinajstić information content (AvgIpc) is 2.52. The highest BCUT2D eigenvalue weighted by atomic mass is 35.5. The fraction of sp³-hybridized carbons (Fsp3) is 0.214. The number of anilines is 2. The van der Waals surface area contributed by atoms with Gasteiger partial charge in [0.15, 0.2) is 0 Å². The second-order valence-corrected chi connectivity index (χ2v) is 5.72. The Balaban J connectivity index is 1.95. The molecule has 0 saturated heterocycles. The second kappa shape index (κ2) is 7.75. The molecular weight excluding hydrogens is 384 g/mol. The number of halogens is 5. The zero-order valence-corrected chi connectivity index (χ0v) is 14.0. The molecule has 0 aliphatic heterocycles. The maximum Gasteiger partial charge on any atom is 0.419 e. The van der Waals surface area contributed by atoms with Crippen molar-refractivity contribution in [3.63, 3.8) is 0 Å². The van der Waals surface area contributed by atoms with E-state index in [1.54, 1.807) is 0 Å². The van der Waals surface area contributed by atoms with Gasteiger partial charge in [-0.2, -0.15) is 13.2 Å². The Morgan fingerprint density at radius 3 is 2.44 bits per heavy atom. The molecular formula is C14H12Cl2F3N4O2+. The Labute approximate surface area is 150 Å². The summed E-state index contributed by atoms with van der Waals surface area (Å²) in [5, 5.41) is 16.7. The summed E-state index contributed by atoms with van der Waals surface area (Å²) in [4.78, 5) is 12.8. The topological polar surface area (TPSA) is 81.3 Å². The standard InChI is InChI=1S/C14H11Cl2F3N4O2/c15-9-1-2-11(12(6-9)23(24)25)20-3-4-21-13-10(16)5-8(7-22-13)14(17,18)19/h1-2,5-7,20H,3-4H2,(H,21,22)/p+1. The number of nitro benzene ring substituents is 1. The first-order valence-electron chi connectivity index (χ1n) is 6.88. The summed E-state index contributed by atoms with van der Waals surface area (Å²) in [5.41, 5.74) is -0.789. The van der Waals surface area contributed by atoms with E-state index in [0.29, 0.717) is 0 Å². The van der Waals surface area contributed by atoms with Crippen molar-refractivity contribution in [3.05, 3.63) is 56.2 Å². The molecule has 1 aromatic carbocycles. The third kappa shape index (κ3) is 5.10. The highest BCUT2D eigenvalue weighted by Gasteiger charge is 2.32. The molecule has 0 unspecified atom stereocenters. The van der Waals surface area contributed by atoms with Crippen molar-refractivity contribution in [1.29, 1.82) is 0 Å². The molecule has 1 heterocycles. The first-order chi connectivity index (χ1) is 11.7. The van der Waals surface area contributed by atoms with Gasteiger partial charge in [-0.3, -0.25) is 15.4 Å². The lowest BCUT2D eigenvalue weighted by atomic mass is 10.2. The van der Waals surface area contributed by atoms with Crippen molar-refractivity contribution >= 4 is 40.4 Å². The van der Waals surface area contributed by atoms with Gasteiger partial charge in [-0.05, 0) is 18.2 Å². The van der Waals surface area contributed by atoms with Crippen LogP contribution in [0.1, 0.15) is 5.56 Å². The summed E-state index contributed by atoms with van der Waals surface area (Å²) in [6.07, 6.45) is -3.70. The monoisotopic (exact) mass is 395 g/mol. The van der Waals surface area contributed by atoms with E-state index in [9.17, 15) is 23.3 Å². The maximum absolute atomic E-state index is 12.6. The summed E-state index contributed by atoms with van der Waals surface area (Å²) < 4.78 is 37.7. The molecule has 0 aliphatic carbocycles. The minimum Gasteiger partial charge on any atom is -0.376 e. The number of nitro groups is 1. The molecule has 2 aromatic rings. The van der Waals surface area contributed by atoms with E-state index >= 15 is 0 Å². The van der Waals surface area contributed by atoms with Crippen LogP contribution in [0.4, 0.5) is 30.4 Å². The molecule has 0 fully saturated rings. The molecule has 25 heavy (non-hydrogen) atoms. The SMILES string of the molecule is O=[N+]([O-])c1cc(Cl)ccc1NCCNc1[nH+]cc(C(F)(F)F)cc1Cl. The van der Waals surface area contributed by atoms with Crippen molar-refractivity contribution < 1.29 is 23.1 Å². The lowest BCUT2D eigenvalue weighted by molar-refractivity contribution is -0.383. The molecule has 11 heteroatoms. The van der Waals surface area contributed by atoms with Crippen molar-refractivity contribution in [1.82, 2.24) is 0 Å². The van der Waals surface area contributed by atoms with E-state index in [-0.39, 0.29) is 40.3 Å². The second-order valence-electron chi connectivity index (χ2n) is 4.88. The van der Waals surface area contributed by atoms with Gasteiger partial charge in [-0.15, -0.1) is 0 Å². The summed E-state index contributed by atoms with van der Waals surface area (Å²) in [6, 6.07) is 5.00. The van der Waals surface area contributed by atoms with Gasteiger partial charge >= 0.3 is 6.18 Å². The number of pyridine rings is 1. The van der Waals surface area contributed by atoms with Crippen LogP contribution in [0, 0.1) is 10.1 Å². The molecule has 0 radical (unpaired) electrons. The fourth-order valence-electron chi connectivity index (χ4n) is 1.96. The Morgan fingerprint density at radius 2 is 1.84 bits per heavy atom. The van der Waals surface area contributed by atoms with Crippen molar-refractivity contribution in [2.75, 3.05) is 23.7 Å². The molecule has 3 N–H and O–H groups in total. The summed E-state index contributed by atoms with van der Waals surface area (Å²) in [5.74, 6) is 0.210. The fourth-order valence-corrected chi connectivity index (χ4v) is 2.36. The lowest BCUT2D eigenvalue weighted by Crippen LogP contribution is -2.21. The molecule has 0 amide bonds. The Bertz CT molecular complexity index is 787. The quantitative estimate of drug-likeness (QED) is 0.435. The number of hydrogen-bond acceptors (Lipinski definition) is 4. The molecule has 6 nitrogen and oxygen atoms in total. The van der Waals surface area contributed by atoms with Crippen LogP contribution in [0.5, 0.6) is 0 Å². The van der Waals surface area contributed by atoms with E-state index in [1.165, 1.54) is 18.2 Å². The van der Waals surface area contributed by atoms with Gasteiger partial charge in [0.1, 0.15) is 23.5 Å². The van der Waals surface area contributed by atoms with E-state index in [4.69, 9.17) is 23.2 Å². The number of H-pyrrole nitrogens is 1. The first-order valence-corrected chi connectivity index (χ1v) is 7.64. The number of alkyl halides is 3. The molecule has 0 aliphatic rings. The molecule has 1 aromatic heterocycles.